The lowest BCUT2D eigenvalue weighted by molar-refractivity contribution is 0.480. The van der Waals surface area contributed by atoms with Crippen LogP contribution in [0.5, 0.6) is 0 Å². The minimum Gasteiger partial charge on any atom is -0.467 e. The van der Waals surface area contributed by atoms with Gasteiger partial charge in [-0.25, -0.2) is 0 Å². The average molecular weight is 197 g/mol. The van der Waals surface area contributed by atoms with Crippen LogP contribution in [0.25, 0.3) is 0 Å². The number of aromatic nitrogens is 2. The van der Waals surface area contributed by atoms with Gasteiger partial charge < -0.3 is 4.42 Å². The fraction of sp³-hybridized carbons (Fsp3) is 0.222. The maximum Gasteiger partial charge on any atom is 0.125 e. The molecule has 2 aromatic rings. The molecule has 0 saturated heterocycles. The largest absolute Gasteiger partial charge is 0.467 e. The SMILES string of the molecule is ClCc1cnn(Cc2ccco2)c1. The fourth-order valence-electron chi connectivity index (χ4n) is 1.12. The molecule has 4 heteroatoms. The lowest BCUT2D eigenvalue weighted by atomic mass is 10.4. The highest BCUT2D eigenvalue weighted by Crippen LogP contribution is 2.05. The van der Waals surface area contributed by atoms with E-state index in [4.69, 9.17) is 16.0 Å². The summed E-state index contributed by atoms with van der Waals surface area (Å²) in [5.41, 5.74) is 1.02. The Morgan fingerprint density at radius 1 is 1.54 bits per heavy atom. The molecule has 3 nitrogen and oxygen atoms in total. The van der Waals surface area contributed by atoms with Crippen molar-refractivity contribution in [3.05, 3.63) is 42.1 Å². The monoisotopic (exact) mass is 196 g/mol. The molecule has 0 aliphatic heterocycles. The summed E-state index contributed by atoms with van der Waals surface area (Å²) >= 11 is 5.65. The summed E-state index contributed by atoms with van der Waals surface area (Å²) in [7, 11) is 0. The number of halogens is 1. The zero-order valence-corrected chi connectivity index (χ0v) is 7.74. The van der Waals surface area contributed by atoms with E-state index in [0.29, 0.717) is 12.4 Å². The van der Waals surface area contributed by atoms with E-state index in [0.717, 1.165) is 11.3 Å². The molecule has 0 N–H and O–H groups in total. The second kappa shape index (κ2) is 3.66. The molecule has 13 heavy (non-hydrogen) atoms. The van der Waals surface area contributed by atoms with Gasteiger partial charge in [-0.15, -0.1) is 11.6 Å². The lowest BCUT2D eigenvalue weighted by Gasteiger charge is -1.95. The first kappa shape index (κ1) is 8.38. The van der Waals surface area contributed by atoms with Gasteiger partial charge in [0.05, 0.1) is 24.9 Å². The number of furan rings is 1. The van der Waals surface area contributed by atoms with Crippen molar-refractivity contribution in [1.29, 1.82) is 0 Å². The van der Waals surface area contributed by atoms with Gasteiger partial charge in [0.2, 0.25) is 0 Å². The lowest BCUT2D eigenvalue weighted by Crippen LogP contribution is -1.97. The summed E-state index contributed by atoms with van der Waals surface area (Å²) in [5.74, 6) is 1.39. The normalized spacial score (nSPS) is 10.5. The molecule has 0 saturated carbocycles. The predicted molar refractivity (Wildman–Crippen MR) is 49.6 cm³/mol. The molecule has 0 aliphatic rings. The molecular weight excluding hydrogens is 188 g/mol. The van der Waals surface area contributed by atoms with Crippen LogP contribution in [-0.2, 0) is 12.4 Å². The highest BCUT2D eigenvalue weighted by molar-refractivity contribution is 6.17. The molecule has 0 fully saturated rings. The number of hydrogen-bond acceptors (Lipinski definition) is 2. The third-order valence-corrected chi connectivity index (χ3v) is 2.05. The van der Waals surface area contributed by atoms with Crippen LogP contribution >= 0.6 is 11.6 Å². The van der Waals surface area contributed by atoms with Crippen molar-refractivity contribution in [2.45, 2.75) is 12.4 Å². The zero-order valence-electron chi connectivity index (χ0n) is 6.98. The number of alkyl halides is 1. The third-order valence-electron chi connectivity index (χ3n) is 1.74. The van der Waals surface area contributed by atoms with Gasteiger partial charge in [-0.1, -0.05) is 0 Å². The van der Waals surface area contributed by atoms with Crippen molar-refractivity contribution in [2.24, 2.45) is 0 Å². The van der Waals surface area contributed by atoms with Gasteiger partial charge in [-0.05, 0) is 12.1 Å². The zero-order chi connectivity index (χ0) is 9.10. The van der Waals surface area contributed by atoms with Crippen LogP contribution in [0.2, 0.25) is 0 Å². The summed E-state index contributed by atoms with van der Waals surface area (Å²) in [5, 5.41) is 4.13. The summed E-state index contributed by atoms with van der Waals surface area (Å²) in [6, 6.07) is 3.78. The van der Waals surface area contributed by atoms with Crippen molar-refractivity contribution in [2.75, 3.05) is 0 Å². The Hall–Kier alpha value is -1.22. The Morgan fingerprint density at radius 3 is 3.08 bits per heavy atom. The topological polar surface area (TPSA) is 31.0 Å². The molecule has 68 valence electrons. The van der Waals surface area contributed by atoms with E-state index in [-0.39, 0.29) is 0 Å². The molecule has 2 aromatic heterocycles. The molecule has 0 amide bonds. The molecule has 0 radical (unpaired) electrons. The van der Waals surface area contributed by atoms with Crippen LogP contribution in [0.15, 0.2) is 35.2 Å². The Kier molecular flexibility index (Phi) is 2.36. The van der Waals surface area contributed by atoms with Crippen LogP contribution < -0.4 is 0 Å². The molecular formula is C9H9ClN2O. The van der Waals surface area contributed by atoms with Crippen LogP contribution in [0, 0.1) is 0 Å². The number of rotatable bonds is 3. The van der Waals surface area contributed by atoms with E-state index in [1.54, 1.807) is 17.1 Å². The number of nitrogens with zero attached hydrogens (tertiary/aromatic N) is 2. The summed E-state index contributed by atoms with van der Waals surface area (Å²) in [6.07, 6.45) is 5.33. The van der Waals surface area contributed by atoms with E-state index in [2.05, 4.69) is 5.10 Å². The van der Waals surface area contributed by atoms with Crippen molar-refractivity contribution in [3.8, 4) is 0 Å². The van der Waals surface area contributed by atoms with Gasteiger partial charge in [0.15, 0.2) is 0 Å². The Bertz CT molecular complexity index is 367. The van der Waals surface area contributed by atoms with Crippen molar-refractivity contribution < 1.29 is 4.42 Å². The minimum absolute atomic E-state index is 0.498. The summed E-state index contributed by atoms with van der Waals surface area (Å²) in [4.78, 5) is 0. The minimum atomic E-state index is 0.498. The van der Waals surface area contributed by atoms with Crippen LogP contribution in [0.1, 0.15) is 11.3 Å². The van der Waals surface area contributed by atoms with Crippen molar-refractivity contribution in [1.82, 2.24) is 9.78 Å². The van der Waals surface area contributed by atoms with Crippen LogP contribution in [-0.4, -0.2) is 9.78 Å². The van der Waals surface area contributed by atoms with Crippen molar-refractivity contribution in [3.63, 3.8) is 0 Å². The van der Waals surface area contributed by atoms with E-state index < -0.39 is 0 Å². The van der Waals surface area contributed by atoms with Gasteiger partial charge in [0.25, 0.3) is 0 Å². The van der Waals surface area contributed by atoms with E-state index >= 15 is 0 Å². The highest BCUT2D eigenvalue weighted by Gasteiger charge is 1.99. The fourth-order valence-corrected chi connectivity index (χ4v) is 1.26. The van der Waals surface area contributed by atoms with Gasteiger partial charge >= 0.3 is 0 Å². The van der Waals surface area contributed by atoms with Gasteiger partial charge in [0.1, 0.15) is 5.76 Å². The smallest absolute Gasteiger partial charge is 0.125 e. The third kappa shape index (κ3) is 1.92. The molecule has 2 rings (SSSR count). The van der Waals surface area contributed by atoms with Gasteiger partial charge in [-0.3, -0.25) is 4.68 Å². The Morgan fingerprint density at radius 2 is 2.46 bits per heavy atom. The second-order valence-corrected chi connectivity index (χ2v) is 3.03. The first-order valence-electron chi connectivity index (χ1n) is 3.98. The average Bonchev–Trinajstić information content (AvgIpc) is 2.76. The van der Waals surface area contributed by atoms with Crippen LogP contribution in [0.4, 0.5) is 0 Å². The maximum absolute atomic E-state index is 5.65. The Balaban J connectivity index is 2.10. The molecule has 0 aromatic carbocycles. The van der Waals surface area contributed by atoms with Crippen LogP contribution in [0.3, 0.4) is 0 Å². The van der Waals surface area contributed by atoms with E-state index in [1.807, 2.05) is 18.3 Å². The summed E-state index contributed by atoms with van der Waals surface area (Å²) in [6.45, 7) is 0.657. The predicted octanol–water partition coefficient (Wildman–Crippen LogP) is 2.26. The molecule has 2 heterocycles. The molecule has 0 aliphatic carbocycles. The van der Waals surface area contributed by atoms with Crippen molar-refractivity contribution >= 4 is 11.6 Å². The highest BCUT2D eigenvalue weighted by atomic mass is 35.5. The quantitative estimate of drug-likeness (QED) is 0.706. The molecule has 0 bridgehead atoms. The summed E-state index contributed by atoms with van der Waals surface area (Å²) < 4.78 is 6.99. The molecule has 0 spiro atoms. The van der Waals surface area contributed by atoms with Gasteiger partial charge in [0, 0.05) is 11.8 Å². The first-order valence-corrected chi connectivity index (χ1v) is 4.51. The number of hydrogen-bond donors (Lipinski definition) is 0. The van der Waals surface area contributed by atoms with Gasteiger partial charge in [-0.2, -0.15) is 5.10 Å². The second-order valence-electron chi connectivity index (χ2n) is 2.76. The first-order chi connectivity index (χ1) is 6.38. The van der Waals surface area contributed by atoms with E-state index in [1.165, 1.54) is 0 Å². The van der Waals surface area contributed by atoms with E-state index in [9.17, 15) is 0 Å². The standard InChI is InChI=1S/C9H9ClN2O/c10-4-8-5-11-12(6-8)7-9-2-1-3-13-9/h1-3,5-6H,4,7H2. The maximum atomic E-state index is 5.65. The molecule has 0 atom stereocenters. The Labute approximate surface area is 80.9 Å². The molecule has 0 unspecified atom stereocenters.